The normalized spacial score (nSPS) is 37.2. The van der Waals surface area contributed by atoms with E-state index in [-0.39, 0.29) is 12.7 Å². The highest BCUT2D eigenvalue weighted by Crippen LogP contribution is 2.33. The fourth-order valence-electron chi connectivity index (χ4n) is 2.20. The molecule has 0 radical (unpaired) electrons. The number of hydrogen-bond acceptors (Lipinski definition) is 2. The third-order valence-electron chi connectivity index (χ3n) is 3.09. The van der Waals surface area contributed by atoms with E-state index in [1.165, 1.54) is 0 Å². The molecule has 2 heteroatoms. The molecular weight excluding hydrogens is 152 g/mol. The minimum Gasteiger partial charge on any atom is -0.396 e. The lowest BCUT2D eigenvalue weighted by atomic mass is 9.75. The molecule has 0 aromatic heterocycles. The first-order valence-electron chi connectivity index (χ1n) is 4.94. The van der Waals surface area contributed by atoms with Gasteiger partial charge in [-0.05, 0) is 37.0 Å². The van der Waals surface area contributed by atoms with Gasteiger partial charge in [-0.15, -0.1) is 0 Å². The molecule has 72 valence electrons. The molecule has 2 N–H and O–H groups in total. The van der Waals surface area contributed by atoms with Crippen LogP contribution in [0.2, 0.25) is 0 Å². The second-order valence-electron chi connectivity index (χ2n) is 4.34. The summed E-state index contributed by atoms with van der Waals surface area (Å²) in [6.07, 6.45) is 2.76. The van der Waals surface area contributed by atoms with Crippen LogP contribution in [0.15, 0.2) is 0 Å². The molecule has 0 aromatic rings. The van der Waals surface area contributed by atoms with Crippen molar-refractivity contribution in [3.05, 3.63) is 0 Å². The Morgan fingerprint density at radius 2 is 2.00 bits per heavy atom. The van der Waals surface area contributed by atoms with Gasteiger partial charge < -0.3 is 10.2 Å². The molecule has 12 heavy (non-hydrogen) atoms. The van der Waals surface area contributed by atoms with Gasteiger partial charge in [0.05, 0.1) is 6.10 Å². The van der Waals surface area contributed by atoms with Gasteiger partial charge in [-0.25, -0.2) is 0 Å². The van der Waals surface area contributed by atoms with E-state index in [0.29, 0.717) is 17.8 Å². The van der Waals surface area contributed by atoms with Crippen molar-refractivity contribution >= 4 is 0 Å². The standard InChI is InChI=1S/C10H20O2/c1-7(2)9-4-3-8(6-11)5-10(9)12/h7-12H,3-6H2,1-2H3/t8-,9-,10-/m1/s1. The van der Waals surface area contributed by atoms with Crippen LogP contribution in [0.3, 0.4) is 0 Å². The Kier molecular flexibility index (Phi) is 3.53. The Bertz CT molecular complexity index is 134. The predicted octanol–water partition coefficient (Wildman–Crippen LogP) is 1.41. The molecule has 0 saturated heterocycles. The monoisotopic (exact) mass is 172 g/mol. The zero-order valence-corrected chi connectivity index (χ0v) is 8.03. The summed E-state index contributed by atoms with van der Waals surface area (Å²) in [5, 5.41) is 18.7. The smallest absolute Gasteiger partial charge is 0.0574 e. The lowest BCUT2D eigenvalue weighted by Gasteiger charge is -2.34. The molecule has 3 atom stereocenters. The quantitative estimate of drug-likeness (QED) is 0.661. The van der Waals surface area contributed by atoms with Crippen LogP contribution in [0.1, 0.15) is 33.1 Å². The Labute approximate surface area is 74.6 Å². The molecule has 0 unspecified atom stereocenters. The summed E-state index contributed by atoms with van der Waals surface area (Å²) in [6, 6.07) is 0. The van der Waals surface area contributed by atoms with Crippen LogP contribution >= 0.6 is 0 Å². The van der Waals surface area contributed by atoms with Crippen LogP contribution in [0, 0.1) is 17.8 Å². The van der Waals surface area contributed by atoms with Gasteiger partial charge in [-0.3, -0.25) is 0 Å². The highest BCUT2D eigenvalue weighted by molar-refractivity contribution is 4.80. The van der Waals surface area contributed by atoms with Gasteiger partial charge >= 0.3 is 0 Å². The van der Waals surface area contributed by atoms with E-state index in [4.69, 9.17) is 5.11 Å². The van der Waals surface area contributed by atoms with Crippen LogP contribution in [0.4, 0.5) is 0 Å². The Balaban J connectivity index is 2.42. The molecule has 0 aliphatic heterocycles. The fourth-order valence-corrected chi connectivity index (χ4v) is 2.20. The van der Waals surface area contributed by atoms with E-state index >= 15 is 0 Å². The summed E-state index contributed by atoms with van der Waals surface area (Å²) in [4.78, 5) is 0. The molecule has 1 aliphatic rings. The number of hydrogen-bond donors (Lipinski definition) is 2. The highest BCUT2D eigenvalue weighted by Gasteiger charge is 2.30. The molecule has 1 saturated carbocycles. The highest BCUT2D eigenvalue weighted by atomic mass is 16.3. The average molecular weight is 172 g/mol. The van der Waals surface area contributed by atoms with Crippen molar-refractivity contribution in [3.63, 3.8) is 0 Å². The summed E-state index contributed by atoms with van der Waals surface area (Å²) in [5.74, 6) is 1.36. The predicted molar refractivity (Wildman–Crippen MR) is 48.8 cm³/mol. The zero-order valence-electron chi connectivity index (χ0n) is 8.03. The molecule has 0 aromatic carbocycles. The van der Waals surface area contributed by atoms with Gasteiger partial charge in [0, 0.05) is 6.61 Å². The summed E-state index contributed by atoms with van der Waals surface area (Å²) in [6.45, 7) is 4.56. The van der Waals surface area contributed by atoms with Crippen LogP contribution in [0.25, 0.3) is 0 Å². The number of aliphatic hydroxyl groups is 2. The van der Waals surface area contributed by atoms with E-state index in [9.17, 15) is 5.11 Å². The maximum absolute atomic E-state index is 9.73. The lowest BCUT2D eigenvalue weighted by Crippen LogP contribution is -2.33. The van der Waals surface area contributed by atoms with E-state index < -0.39 is 0 Å². The Morgan fingerprint density at radius 1 is 1.33 bits per heavy atom. The van der Waals surface area contributed by atoms with Crippen molar-refractivity contribution in [3.8, 4) is 0 Å². The van der Waals surface area contributed by atoms with E-state index in [1.807, 2.05) is 0 Å². The first-order chi connectivity index (χ1) is 5.65. The summed E-state index contributed by atoms with van der Waals surface area (Å²) < 4.78 is 0. The number of rotatable bonds is 2. The molecule has 1 aliphatic carbocycles. The fraction of sp³-hybridized carbons (Fsp3) is 1.00. The van der Waals surface area contributed by atoms with Gasteiger partial charge in [0.1, 0.15) is 0 Å². The van der Waals surface area contributed by atoms with Gasteiger partial charge in [0.15, 0.2) is 0 Å². The summed E-state index contributed by atoms with van der Waals surface area (Å²) >= 11 is 0. The van der Waals surface area contributed by atoms with Crippen LogP contribution in [-0.4, -0.2) is 22.9 Å². The van der Waals surface area contributed by atoms with Gasteiger partial charge in [-0.2, -0.15) is 0 Å². The minimum atomic E-state index is -0.184. The van der Waals surface area contributed by atoms with Crippen LogP contribution in [0.5, 0.6) is 0 Å². The van der Waals surface area contributed by atoms with Gasteiger partial charge in [-0.1, -0.05) is 13.8 Å². The first-order valence-corrected chi connectivity index (χ1v) is 4.94. The van der Waals surface area contributed by atoms with Crippen molar-refractivity contribution in [1.29, 1.82) is 0 Å². The second-order valence-corrected chi connectivity index (χ2v) is 4.34. The van der Waals surface area contributed by atoms with Crippen molar-refractivity contribution in [2.75, 3.05) is 6.61 Å². The third-order valence-corrected chi connectivity index (χ3v) is 3.09. The van der Waals surface area contributed by atoms with Crippen molar-refractivity contribution in [1.82, 2.24) is 0 Å². The third kappa shape index (κ3) is 2.20. The molecule has 0 spiro atoms. The summed E-state index contributed by atoms with van der Waals surface area (Å²) in [5.41, 5.74) is 0. The SMILES string of the molecule is CC(C)[C@H]1CC[C@@H](CO)C[C@H]1O. The van der Waals surface area contributed by atoms with Crippen LogP contribution < -0.4 is 0 Å². The summed E-state index contributed by atoms with van der Waals surface area (Å²) in [7, 11) is 0. The topological polar surface area (TPSA) is 40.5 Å². The molecular formula is C10H20O2. The van der Waals surface area contributed by atoms with Crippen molar-refractivity contribution in [2.45, 2.75) is 39.2 Å². The first kappa shape index (κ1) is 10.0. The van der Waals surface area contributed by atoms with Crippen molar-refractivity contribution in [2.24, 2.45) is 17.8 Å². The van der Waals surface area contributed by atoms with Gasteiger partial charge in [0.2, 0.25) is 0 Å². The van der Waals surface area contributed by atoms with Gasteiger partial charge in [0.25, 0.3) is 0 Å². The Hall–Kier alpha value is -0.0800. The molecule has 1 rings (SSSR count). The molecule has 1 fully saturated rings. The lowest BCUT2D eigenvalue weighted by molar-refractivity contribution is 0.00928. The second kappa shape index (κ2) is 4.24. The zero-order chi connectivity index (χ0) is 9.14. The molecule has 0 heterocycles. The minimum absolute atomic E-state index is 0.184. The van der Waals surface area contributed by atoms with Crippen molar-refractivity contribution < 1.29 is 10.2 Å². The maximum Gasteiger partial charge on any atom is 0.0574 e. The largest absolute Gasteiger partial charge is 0.396 e. The van der Waals surface area contributed by atoms with E-state index in [1.54, 1.807) is 0 Å². The molecule has 2 nitrogen and oxygen atoms in total. The maximum atomic E-state index is 9.73. The van der Waals surface area contributed by atoms with E-state index in [0.717, 1.165) is 19.3 Å². The average Bonchev–Trinajstić information content (AvgIpc) is 2.03. The molecule has 0 amide bonds. The molecule has 0 bridgehead atoms. The Morgan fingerprint density at radius 3 is 2.42 bits per heavy atom. The van der Waals surface area contributed by atoms with Crippen LogP contribution in [-0.2, 0) is 0 Å². The number of aliphatic hydroxyl groups excluding tert-OH is 2. The van der Waals surface area contributed by atoms with E-state index in [2.05, 4.69) is 13.8 Å².